The van der Waals surface area contributed by atoms with Crippen LogP contribution < -0.4 is 15.4 Å². The van der Waals surface area contributed by atoms with E-state index in [4.69, 9.17) is 0 Å². The van der Waals surface area contributed by atoms with Crippen molar-refractivity contribution in [3.05, 3.63) is 42.4 Å². The zero-order valence-electron chi connectivity index (χ0n) is 15.9. The van der Waals surface area contributed by atoms with Gasteiger partial charge in [-0.2, -0.15) is 5.26 Å². The van der Waals surface area contributed by atoms with E-state index in [1.165, 1.54) is 11.4 Å². The summed E-state index contributed by atoms with van der Waals surface area (Å²) < 4.78 is 0. The van der Waals surface area contributed by atoms with Crippen LogP contribution in [0.2, 0.25) is 19.6 Å². The molecule has 0 bridgehead atoms. The highest BCUT2D eigenvalue weighted by Gasteiger charge is 2.24. The molecule has 0 spiro atoms. The van der Waals surface area contributed by atoms with Gasteiger partial charge in [0.05, 0.1) is 8.07 Å². The molecule has 2 heterocycles. The molecular formula is C19H24N6OSi. The molecule has 1 aliphatic heterocycles. The van der Waals surface area contributed by atoms with Crippen molar-refractivity contribution in [2.24, 2.45) is 0 Å². The van der Waals surface area contributed by atoms with Crippen LogP contribution in [0, 0.1) is 11.3 Å². The number of aromatic nitrogens is 2. The summed E-state index contributed by atoms with van der Waals surface area (Å²) in [7, 11) is -1.34. The summed E-state index contributed by atoms with van der Waals surface area (Å²) in [6, 6.07) is 10.1. The van der Waals surface area contributed by atoms with Gasteiger partial charge in [0.25, 0.3) is 0 Å². The molecule has 2 aromatic rings. The Kier molecular flexibility index (Phi) is 5.42. The van der Waals surface area contributed by atoms with Crippen LogP contribution in [0.3, 0.4) is 0 Å². The smallest absolute Gasteiger partial charge is 0.321 e. The number of carbonyl (C=O) groups is 1. The standard InChI is InChI=1S/C19H24N6OSi/c1-27(2,3)16-6-4-15(5-7-16)23-19(26)25-12-10-24(11-13-25)18-17(14-20)21-8-9-22-18/h4-9H,10-13H2,1-3H3,(H,23,26). The first kappa shape index (κ1) is 18.9. The first-order valence-corrected chi connectivity index (χ1v) is 12.5. The van der Waals surface area contributed by atoms with Crippen molar-refractivity contribution in [1.29, 1.82) is 5.26 Å². The van der Waals surface area contributed by atoms with E-state index in [9.17, 15) is 10.1 Å². The Morgan fingerprint density at radius 3 is 2.30 bits per heavy atom. The van der Waals surface area contributed by atoms with E-state index in [2.05, 4.69) is 53.1 Å². The number of benzene rings is 1. The molecule has 0 aliphatic carbocycles. The van der Waals surface area contributed by atoms with Crippen LogP contribution >= 0.6 is 0 Å². The molecule has 0 unspecified atom stereocenters. The van der Waals surface area contributed by atoms with E-state index >= 15 is 0 Å². The van der Waals surface area contributed by atoms with Gasteiger partial charge in [0, 0.05) is 44.3 Å². The normalized spacial score (nSPS) is 14.6. The summed E-state index contributed by atoms with van der Waals surface area (Å²) in [5.41, 5.74) is 1.13. The summed E-state index contributed by atoms with van der Waals surface area (Å²) in [6.07, 6.45) is 3.10. The average molecular weight is 381 g/mol. The van der Waals surface area contributed by atoms with Crippen molar-refractivity contribution in [3.8, 4) is 6.07 Å². The summed E-state index contributed by atoms with van der Waals surface area (Å²) in [5, 5.41) is 13.5. The molecule has 1 fully saturated rings. The lowest BCUT2D eigenvalue weighted by Crippen LogP contribution is -2.50. The zero-order valence-corrected chi connectivity index (χ0v) is 16.9. The molecular weight excluding hydrogens is 356 g/mol. The minimum Gasteiger partial charge on any atom is -0.351 e. The van der Waals surface area contributed by atoms with E-state index < -0.39 is 8.07 Å². The minimum atomic E-state index is -1.34. The van der Waals surface area contributed by atoms with Crippen molar-refractivity contribution in [2.45, 2.75) is 19.6 Å². The fourth-order valence-corrected chi connectivity index (χ4v) is 4.19. The minimum absolute atomic E-state index is 0.102. The van der Waals surface area contributed by atoms with Gasteiger partial charge in [0.15, 0.2) is 11.5 Å². The number of urea groups is 1. The number of amides is 2. The van der Waals surface area contributed by atoms with E-state index in [0.29, 0.717) is 37.7 Å². The molecule has 3 rings (SSSR count). The summed E-state index contributed by atoms with van der Waals surface area (Å²) >= 11 is 0. The second kappa shape index (κ2) is 7.76. The van der Waals surface area contributed by atoms with Gasteiger partial charge in [0.1, 0.15) is 6.07 Å². The fourth-order valence-electron chi connectivity index (χ4n) is 3.02. The van der Waals surface area contributed by atoms with Crippen molar-refractivity contribution in [2.75, 3.05) is 36.4 Å². The molecule has 140 valence electrons. The summed E-state index contributed by atoms with van der Waals surface area (Å²) in [6.45, 7) is 9.28. The molecule has 0 radical (unpaired) electrons. The molecule has 1 N–H and O–H groups in total. The van der Waals surface area contributed by atoms with Crippen LogP contribution in [-0.2, 0) is 0 Å². The number of piperazine rings is 1. The van der Waals surface area contributed by atoms with Crippen LogP contribution in [0.15, 0.2) is 36.7 Å². The third-order valence-corrected chi connectivity index (χ3v) is 6.72. The molecule has 1 aromatic heterocycles. The largest absolute Gasteiger partial charge is 0.351 e. The number of nitrogens with one attached hydrogen (secondary N) is 1. The predicted molar refractivity (Wildman–Crippen MR) is 109 cm³/mol. The number of rotatable bonds is 3. The van der Waals surface area contributed by atoms with Crippen LogP contribution in [0.25, 0.3) is 0 Å². The van der Waals surface area contributed by atoms with Crippen molar-refractivity contribution in [1.82, 2.24) is 14.9 Å². The lowest BCUT2D eigenvalue weighted by Gasteiger charge is -2.35. The van der Waals surface area contributed by atoms with E-state index in [1.54, 1.807) is 11.1 Å². The van der Waals surface area contributed by atoms with E-state index in [1.807, 2.05) is 17.0 Å². The number of carbonyl (C=O) groups excluding carboxylic acids is 1. The molecule has 7 nitrogen and oxygen atoms in total. The highest BCUT2D eigenvalue weighted by atomic mass is 28.3. The SMILES string of the molecule is C[Si](C)(C)c1ccc(NC(=O)N2CCN(c3nccnc3C#N)CC2)cc1. The third-order valence-electron chi connectivity index (χ3n) is 4.65. The van der Waals surface area contributed by atoms with Gasteiger partial charge < -0.3 is 15.1 Å². The summed E-state index contributed by atoms with van der Waals surface area (Å²) in [4.78, 5) is 24.6. The third kappa shape index (κ3) is 4.44. The average Bonchev–Trinajstić information content (AvgIpc) is 2.68. The maximum Gasteiger partial charge on any atom is 0.321 e. The Hall–Kier alpha value is -2.92. The van der Waals surface area contributed by atoms with Gasteiger partial charge in [-0.15, -0.1) is 0 Å². The van der Waals surface area contributed by atoms with Crippen LogP contribution in [0.5, 0.6) is 0 Å². The predicted octanol–water partition coefficient (Wildman–Crippen LogP) is 2.25. The van der Waals surface area contributed by atoms with Crippen molar-refractivity contribution < 1.29 is 4.79 Å². The van der Waals surface area contributed by atoms with Gasteiger partial charge in [-0.3, -0.25) is 0 Å². The van der Waals surface area contributed by atoms with Gasteiger partial charge in [0.2, 0.25) is 0 Å². The van der Waals surface area contributed by atoms with Crippen molar-refractivity contribution in [3.63, 3.8) is 0 Å². The lowest BCUT2D eigenvalue weighted by atomic mass is 10.3. The Labute approximate surface area is 160 Å². The second-order valence-electron chi connectivity index (χ2n) is 7.57. The van der Waals surface area contributed by atoms with Gasteiger partial charge in [-0.25, -0.2) is 14.8 Å². The monoisotopic (exact) mass is 380 g/mol. The van der Waals surface area contributed by atoms with Gasteiger partial charge in [-0.1, -0.05) is 37.0 Å². The quantitative estimate of drug-likeness (QED) is 0.826. The highest BCUT2D eigenvalue weighted by molar-refractivity contribution is 6.88. The second-order valence-corrected chi connectivity index (χ2v) is 12.6. The van der Waals surface area contributed by atoms with Crippen LogP contribution in [0.1, 0.15) is 5.69 Å². The number of anilines is 2. The Morgan fingerprint density at radius 1 is 1.07 bits per heavy atom. The van der Waals surface area contributed by atoms with Gasteiger partial charge in [-0.05, 0) is 12.1 Å². The molecule has 1 aromatic carbocycles. The molecule has 1 aliphatic rings. The number of nitriles is 1. The topological polar surface area (TPSA) is 85.2 Å². The Morgan fingerprint density at radius 2 is 1.70 bits per heavy atom. The Bertz CT molecular complexity index is 848. The maximum atomic E-state index is 12.5. The maximum absolute atomic E-state index is 12.5. The first-order valence-electron chi connectivity index (χ1n) is 9.01. The van der Waals surface area contributed by atoms with Crippen LogP contribution in [-0.4, -0.2) is 55.2 Å². The Balaban J connectivity index is 1.58. The zero-order chi connectivity index (χ0) is 19.4. The molecule has 0 saturated carbocycles. The highest BCUT2D eigenvalue weighted by Crippen LogP contribution is 2.17. The first-order chi connectivity index (χ1) is 12.9. The molecule has 2 amide bonds. The molecule has 8 heteroatoms. The van der Waals surface area contributed by atoms with Crippen LogP contribution in [0.4, 0.5) is 16.3 Å². The lowest BCUT2D eigenvalue weighted by molar-refractivity contribution is 0.208. The molecule has 1 saturated heterocycles. The fraction of sp³-hybridized carbons (Fsp3) is 0.368. The molecule has 0 atom stereocenters. The van der Waals surface area contributed by atoms with Gasteiger partial charge >= 0.3 is 6.03 Å². The molecule has 27 heavy (non-hydrogen) atoms. The number of hydrogen-bond donors (Lipinski definition) is 1. The summed E-state index contributed by atoms with van der Waals surface area (Å²) in [5.74, 6) is 0.585. The number of hydrogen-bond acceptors (Lipinski definition) is 5. The van der Waals surface area contributed by atoms with E-state index in [-0.39, 0.29) is 6.03 Å². The van der Waals surface area contributed by atoms with E-state index in [0.717, 1.165) is 5.69 Å². The number of nitrogens with zero attached hydrogens (tertiary/aromatic N) is 5. The van der Waals surface area contributed by atoms with Crippen molar-refractivity contribution >= 4 is 30.8 Å².